The van der Waals surface area contributed by atoms with Crippen LogP contribution >= 0.6 is 0 Å². The molecule has 0 fully saturated rings. The molecule has 0 amide bonds. The van der Waals surface area contributed by atoms with E-state index >= 15 is 0 Å². The molecule has 3 nitrogen and oxygen atoms in total. The lowest BCUT2D eigenvalue weighted by Crippen LogP contribution is -2.30. The molecule has 2 aromatic rings. The van der Waals surface area contributed by atoms with Crippen LogP contribution in [0.15, 0.2) is 48.5 Å². The first-order chi connectivity index (χ1) is 9.53. The summed E-state index contributed by atoms with van der Waals surface area (Å²) < 4.78 is 13.7. The lowest BCUT2D eigenvalue weighted by atomic mass is 9.96. The van der Waals surface area contributed by atoms with Crippen LogP contribution in [0.3, 0.4) is 0 Å². The van der Waals surface area contributed by atoms with Gasteiger partial charge in [0.1, 0.15) is 11.4 Å². The zero-order valence-corrected chi connectivity index (χ0v) is 11.1. The first-order valence-corrected chi connectivity index (χ1v) is 6.24. The summed E-state index contributed by atoms with van der Waals surface area (Å²) in [6.45, 7) is 1.83. The van der Waals surface area contributed by atoms with E-state index < -0.39 is 11.4 Å². The average Bonchev–Trinajstić information content (AvgIpc) is 2.47. The normalized spacial score (nSPS) is 13.3. The van der Waals surface area contributed by atoms with Crippen molar-refractivity contribution >= 4 is 5.69 Å². The zero-order chi connectivity index (χ0) is 14.6. The van der Waals surface area contributed by atoms with Crippen molar-refractivity contribution in [2.75, 3.05) is 11.9 Å². The molecule has 0 aromatic heterocycles. The van der Waals surface area contributed by atoms with E-state index in [0.29, 0.717) is 0 Å². The molecule has 0 spiro atoms. The second kappa shape index (κ2) is 5.72. The fourth-order valence-corrected chi connectivity index (χ4v) is 1.89. The number of hydrogen-bond acceptors (Lipinski definition) is 3. The molecule has 2 N–H and O–H groups in total. The van der Waals surface area contributed by atoms with Crippen LogP contribution in [0.1, 0.15) is 18.1 Å². The number of nitrogens with one attached hydrogen (secondary N) is 1. The van der Waals surface area contributed by atoms with Crippen molar-refractivity contribution in [1.29, 1.82) is 5.26 Å². The third kappa shape index (κ3) is 3.14. The minimum atomic E-state index is -1.11. The van der Waals surface area contributed by atoms with Crippen LogP contribution in [0, 0.1) is 17.1 Å². The third-order valence-corrected chi connectivity index (χ3v) is 3.12. The second-order valence-electron chi connectivity index (χ2n) is 4.80. The van der Waals surface area contributed by atoms with Crippen LogP contribution in [0.5, 0.6) is 0 Å². The lowest BCUT2D eigenvalue weighted by Gasteiger charge is -2.25. The summed E-state index contributed by atoms with van der Waals surface area (Å²) in [6.07, 6.45) is 0. The Kier molecular flexibility index (Phi) is 4.02. The number of rotatable bonds is 4. The van der Waals surface area contributed by atoms with Gasteiger partial charge in [-0.15, -0.1) is 0 Å². The molecule has 0 radical (unpaired) electrons. The summed E-state index contributed by atoms with van der Waals surface area (Å²) >= 11 is 0. The van der Waals surface area contributed by atoms with Crippen LogP contribution in [-0.2, 0) is 5.60 Å². The van der Waals surface area contributed by atoms with Gasteiger partial charge in [0, 0.05) is 6.54 Å². The zero-order valence-electron chi connectivity index (χ0n) is 11.1. The minimum Gasteiger partial charge on any atom is -0.384 e. The highest BCUT2D eigenvalue weighted by Gasteiger charge is 2.22. The molecule has 0 saturated carbocycles. The molecule has 0 saturated heterocycles. The monoisotopic (exact) mass is 270 g/mol. The molecule has 4 heteroatoms. The number of hydrogen-bond donors (Lipinski definition) is 2. The highest BCUT2D eigenvalue weighted by molar-refractivity contribution is 5.49. The van der Waals surface area contributed by atoms with E-state index in [-0.39, 0.29) is 17.8 Å². The predicted octanol–water partition coefficient (Wildman–Crippen LogP) is 3.02. The van der Waals surface area contributed by atoms with Crippen molar-refractivity contribution in [3.05, 3.63) is 65.5 Å². The molecule has 2 rings (SSSR count). The molecular weight excluding hydrogens is 255 g/mol. The first-order valence-electron chi connectivity index (χ1n) is 6.24. The summed E-state index contributed by atoms with van der Waals surface area (Å²) in [5.41, 5.74) is 0.173. The van der Waals surface area contributed by atoms with E-state index in [1.165, 1.54) is 18.2 Å². The Hall–Kier alpha value is -2.38. The Morgan fingerprint density at radius 1 is 1.25 bits per heavy atom. The fraction of sp³-hybridized carbons (Fsp3) is 0.188. The molecule has 0 heterocycles. The Morgan fingerprint density at radius 2 is 1.95 bits per heavy atom. The van der Waals surface area contributed by atoms with E-state index in [0.717, 1.165) is 5.56 Å². The average molecular weight is 270 g/mol. The maximum absolute atomic E-state index is 13.7. The standard InChI is InChI=1S/C16H15FN2O/c1-16(20,13-5-3-2-4-6-13)11-19-15-8-7-12(10-18)9-14(15)17/h2-9,19-20H,11H2,1H3. The van der Waals surface area contributed by atoms with Crippen LogP contribution in [-0.4, -0.2) is 11.7 Å². The predicted molar refractivity (Wildman–Crippen MR) is 75.6 cm³/mol. The lowest BCUT2D eigenvalue weighted by molar-refractivity contribution is 0.0715. The topological polar surface area (TPSA) is 56.0 Å². The summed E-state index contributed by atoms with van der Waals surface area (Å²) in [7, 11) is 0. The van der Waals surface area contributed by atoms with Gasteiger partial charge < -0.3 is 10.4 Å². The van der Waals surface area contributed by atoms with Crippen molar-refractivity contribution in [1.82, 2.24) is 0 Å². The maximum Gasteiger partial charge on any atom is 0.147 e. The third-order valence-electron chi connectivity index (χ3n) is 3.12. The first kappa shape index (κ1) is 14.0. The van der Waals surface area contributed by atoms with Gasteiger partial charge in [-0.2, -0.15) is 5.26 Å². The summed E-state index contributed by atoms with van der Waals surface area (Å²) in [5.74, 6) is -0.507. The van der Waals surface area contributed by atoms with Gasteiger partial charge >= 0.3 is 0 Å². The Morgan fingerprint density at radius 3 is 2.55 bits per heavy atom. The molecule has 1 unspecified atom stereocenters. The van der Waals surface area contributed by atoms with E-state index in [2.05, 4.69) is 5.32 Å². The van der Waals surface area contributed by atoms with Crippen LogP contribution in [0.25, 0.3) is 0 Å². The molecule has 102 valence electrons. The van der Waals surface area contributed by atoms with Crippen molar-refractivity contribution in [2.24, 2.45) is 0 Å². The quantitative estimate of drug-likeness (QED) is 0.898. The van der Waals surface area contributed by atoms with Crippen molar-refractivity contribution in [2.45, 2.75) is 12.5 Å². The highest BCUT2D eigenvalue weighted by Crippen LogP contribution is 2.22. The SMILES string of the molecule is CC(O)(CNc1ccc(C#N)cc1F)c1ccccc1. The molecule has 1 atom stereocenters. The molecule has 20 heavy (non-hydrogen) atoms. The van der Waals surface area contributed by atoms with Gasteiger partial charge in [-0.1, -0.05) is 30.3 Å². The molecule has 0 bridgehead atoms. The van der Waals surface area contributed by atoms with Crippen molar-refractivity contribution in [3.8, 4) is 6.07 Å². The van der Waals surface area contributed by atoms with Gasteiger partial charge in [-0.25, -0.2) is 4.39 Å². The number of nitriles is 1. The van der Waals surface area contributed by atoms with Gasteiger partial charge in [-0.3, -0.25) is 0 Å². The summed E-state index contributed by atoms with van der Waals surface area (Å²) in [5, 5.41) is 22.0. The molecule has 0 aliphatic heterocycles. The number of aliphatic hydroxyl groups is 1. The second-order valence-corrected chi connectivity index (χ2v) is 4.80. The van der Waals surface area contributed by atoms with Gasteiger partial charge in [0.15, 0.2) is 0 Å². The fourth-order valence-electron chi connectivity index (χ4n) is 1.89. The van der Waals surface area contributed by atoms with Crippen LogP contribution < -0.4 is 5.32 Å². The smallest absolute Gasteiger partial charge is 0.147 e. The van der Waals surface area contributed by atoms with Gasteiger partial charge in [0.25, 0.3) is 0 Å². The van der Waals surface area contributed by atoms with Gasteiger partial charge in [0.2, 0.25) is 0 Å². The summed E-state index contributed by atoms with van der Waals surface area (Å²) in [4.78, 5) is 0. The highest BCUT2D eigenvalue weighted by atomic mass is 19.1. The molecule has 2 aromatic carbocycles. The Balaban J connectivity index is 2.11. The van der Waals surface area contributed by atoms with E-state index in [4.69, 9.17) is 5.26 Å². The van der Waals surface area contributed by atoms with Crippen LogP contribution in [0.2, 0.25) is 0 Å². The minimum absolute atomic E-state index is 0.167. The number of anilines is 1. The number of halogens is 1. The van der Waals surface area contributed by atoms with Crippen molar-refractivity contribution < 1.29 is 9.50 Å². The van der Waals surface area contributed by atoms with Crippen LogP contribution in [0.4, 0.5) is 10.1 Å². The van der Waals surface area contributed by atoms with Crippen molar-refractivity contribution in [3.63, 3.8) is 0 Å². The number of benzene rings is 2. The van der Waals surface area contributed by atoms with E-state index in [9.17, 15) is 9.50 Å². The van der Waals surface area contributed by atoms with E-state index in [1.54, 1.807) is 6.92 Å². The molecule has 0 aliphatic carbocycles. The van der Waals surface area contributed by atoms with Gasteiger partial charge in [-0.05, 0) is 30.7 Å². The molecule has 0 aliphatic rings. The van der Waals surface area contributed by atoms with Gasteiger partial charge in [0.05, 0.1) is 17.3 Å². The number of nitrogens with zero attached hydrogens (tertiary/aromatic N) is 1. The Bertz CT molecular complexity index is 633. The maximum atomic E-state index is 13.7. The largest absolute Gasteiger partial charge is 0.384 e. The summed E-state index contributed by atoms with van der Waals surface area (Å²) in [6, 6.07) is 15.2. The van der Waals surface area contributed by atoms with E-state index in [1.807, 2.05) is 36.4 Å². The molecular formula is C16H15FN2O. The Labute approximate surface area is 117 Å².